The molecule has 1 fully saturated rings. The van der Waals surface area contributed by atoms with Crippen molar-refractivity contribution in [2.75, 3.05) is 11.9 Å². The van der Waals surface area contributed by atoms with Crippen molar-refractivity contribution in [3.63, 3.8) is 0 Å². The number of nitrogens with one attached hydrogen (secondary N) is 3. The van der Waals surface area contributed by atoms with E-state index in [2.05, 4.69) is 20.6 Å². The Hall–Kier alpha value is -2.90. The van der Waals surface area contributed by atoms with E-state index in [4.69, 9.17) is 23.2 Å². The van der Waals surface area contributed by atoms with Gasteiger partial charge in [0.1, 0.15) is 0 Å². The second-order valence-electron chi connectivity index (χ2n) is 7.80. The van der Waals surface area contributed by atoms with E-state index < -0.39 is 5.78 Å². The van der Waals surface area contributed by atoms with Crippen molar-refractivity contribution in [2.45, 2.75) is 32.6 Å². The normalized spacial score (nSPS) is 13.2. The number of aromatic amines is 1. The van der Waals surface area contributed by atoms with Crippen LogP contribution in [0.5, 0.6) is 0 Å². The molecule has 2 amide bonds. The Labute approximate surface area is 194 Å². The number of ketones is 1. The van der Waals surface area contributed by atoms with Crippen LogP contribution in [-0.4, -0.2) is 34.1 Å². The van der Waals surface area contributed by atoms with Gasteiger partial charge in [0.15, 0.2) is 11.6 Å². The summed E-state index contributed by atoms with van der Waals surface area (Å²) in [5.74, 6) is -0.371. The monoisotopic (exact) mass is 472 g/mol. The fourth-order valence-corrected chi connectivity index (χ4v) is 4.10. The summed E-state index contributed by atoms with van der Waals surface area (Å²) >= 11 is 12.8. The molecule has 0 radical (unpaired) electrons. The van der Waals surface area contributed by atoms with Crippen LogP contribution >= 0.6 is 23.2 Å². The largest absolute Gasteiger partial charge is 0.357 e. The van der Waals surface area contributed by atoms with Crippen molar-refractivity contribution in [1.29, 1.82) is 0 Å². The maximum atomic E-state index is 13.3. The number of hydrogen-bond acceptors (Lipinski definition) is 4. The number of anilines is 1. The van der Waals surface area contributed by atoms with Crippen LogP contribution in [0.2, 0.25) is 10.0 Å². The topological polar surface area (TPSA) is 104 Å². The number of carbonyl (C=O) groups is 3. The van der Waals surface area contributed by atoms with Crippen molar-refractivity contribution < 1.29 is 14.4 Å². The molecule has 4 rings (SSSR count). The van der Waals surface area contributed by atoms with Crippen LogP contribution in [0, 0.1) is 5.92 Å². The molecule has 9 heteroatoms. The van der Waals surface area contributed by atoms with Crippen LogP contribution in [-0.2, 0) is 4.79 Å². The Bertz CT molecular complexity index is 1190. The number of pyridine rings is 1. The quantitative estimate of drug-likeness (QED) is 0.317. The molecule has 1 saturated carbocycles. The molecule has 3 N–H and O–H groups in total. The highest BCUT2D eigenvalue weighted by Gasteiger charge is 2.30. The Kier molecular flexibility index (Phi) is 6.48. The lowest BCUT2D eigenvalue weighted by Gasteiger charge is -2.10. The lowest BCUT2D eigenvalue weighted by molar-refractivity contribution is -0.117. The number of unbranched alkanes of at least 4 members (excludes halogenated alkanes) is 1. The van der Waals surface area contributed by atoms with Crippen molar-refractivity contribution in [1.82, 2.24) is 15.3 Å². The van der Waals surface area contributed by atoms with Crippen LogP contribution in [0.4, 0.5) is 5.82 Å². The Morgan fingerprint density at radius 1 is 1.19 bits per heavy atom. The Morgan fingerprint density at radius 3 is 2.56 bits per heavy atom. The van der Waals surface area contributed by atoms with E-state index in [0.717, 1.165) is 25.7 Å². The maximum Gasteiger partial charge on any atom is 0.251 e. The molecule has 2 heterocycles. The zero-order valence-electron chi connectivity index (χ0n) is 17.4. The fraction of sp³-hybridized carbons (Fsp3) is 0.304. The van der Waals surface area contributed by atoms with Gasteiger partial charge in [-0.2, -0.15) is 0 Å². The number of aromatic nitrogens is 2. The van der Waals surface area contributed by atoms with E-state index in [-0.39, 0.29) is 33.3 Å². The molecular weight excluding hydrogens is 451 g/mol. The van der Waals surface area contributed by atoms with Gasteiger partial charge in [-0.25, -0.2) is 4.98 Å². The van der Waals surface area contributed by atoms with Gasteiger partial charge in [-0.1, -0.05) is 36.5 Å². The molecule has 7 nitrogen and oxygen atoms in total. The van der Waals surface area contributed by atoms with E-state index >= 15 is 0 Å². The van der Waals surface area contributed by atoms with Gasteiger partial charge in [0.2, 0.25) is 5.91 Å². The number of carbonyl (C=O) groups excluding carboxylic acids is 3. The number of halogens is 2. The summed E-state index contributed by atoms with van der Waals surface area (Å²) in [5.41, 5.74) is 1.29. The zero-order chi connectivity index (χ0) is 22.8. The van der Waals surface area contributed by atoms with Crippen molar-refractivity contribution in [3.8, 4) is 0 Å². The van der Waals surface area contributed by atoms with E-state index in [9.17, 15) is 14.4 Å². The highest BCUT2D eigenvalue weighted by Crippen LogP contribution is 2.34. The number of nitrogens with zero attached hydrogens (tertiary/aromatic N) is 1. The summed E-state index contributed by atoms with van der Waals surface area (Å²) in [6.45, 7) is 2.58. The standard InChI is InChI=1S/C23H22Cl2N4O3/c1-2-3-7-27-22(31)13-9-16(24)18(17(25)10-13)20(30)15-11-28-19-14(15)6-8-26-21(19)29-23(32)12-4-5-12/h6,8-12,28H,2-5,7H2,1H3,(H,27,31)(H,26,29,32). The first-order valence-corrected chi connectivity index (χ1v) is 11.2. The molecule has 0 unspecified atom stereocenters. The van der Waals surface area contributed by atoms with Crippen molar-refractivity contribution >= 4 is 57.5 Å². The number of fused-ring (bicyclic) bond motifs is 1. The lowest BCUT2D eigenvalue weighted by Crippen LogP contribution is -2.24. The minimum atomic E-state index is -0.394. The Balaban J connectivity index is 1.63. The highest BCUT2D eigenvalue weighted by molar-refractivity contribution is 6.42. The molecule has 0 saturated heterocycles. The molecule has 1 aromatic carbocycles. The number of amides is 2. The lowest BCUT2D eigenvalue weighted by atomic mass is 10.0. The molecule has 2 aromatic heterocycles. The smallest absolute Gasteiger partial charge is 0.251 e. The van der Waals surface area contributed by atoms with Gasteiger partial charge < -0.3 is 15.6 Å². The molecule has 0 spiro atoms. The summed E-state index contributed by atoms with van der Waals surface area (Å²) in [6, 6.07) is 4.57. The van der Waals surface area contributed by atoms with Crippen LogP contribution in [0.3, 0.4) is 0 Å². The third-order valence-electron chi connectivity index (χ3n) is 5.38. The van der Waals surface area contributed by atoms with Crippen LogP contribution in [0.25, 0.3) is 10.9 Å². The second kappa shape index (κ2) is 9.30. The molecule has 166 valence electrons. The SMILES string of the molecule is CCCCNC(=O)c1cc(Cl)c(C(=O)c2c[nH]c3c(NC(=O)C4CC4)nccc23)c(Cl)c1. The molecule has 1 aliphatic carbocycles. The van der Waals surface area contributed by atoms with Gasteiger partial charge in [0, 0.05) is 41.4 Å². The fourth-order valence-electron chi connectivity index (χ4n) is 3.44. The molecule has 0 bridgehead atoms. The first-order valence-electron chi connectivity index (χ1n) is 10.5. The first-order chi connectivity index (χ1) is 15.4. The summed E-state index contributed by atoms with van der Waals surface area (Å²) in [5, 5.41) is 6.39. The molecule has 3 aromatic rings. The predicted octanol–water partition coefficient (Wildman–Crippen LogP) is 4.98. The third kappa shape index (κ3) is 4.49. The summed E-state index contributed by atoms with van der Waals surface area (Å²) in [4.78, 5) is 45.0. The predicted molar refractivity (Wildman–Crippen MR) is 125 cm³/mol. The maximum absolute atomic E-state index is 13.3. The van der Waals surface area contributed by atoms with E-state index in [0.29, 0.717) is 34.4 Å². The van der Waals surface area contributed by atoms with Crippen LogP contribution < -0.4 is 10.6 Å². The number of benzene rings is 1. The number of H-pyrrole nitrogens is 1. The second-order valence-corrected chi connectivity index (χ2v) is 8.62. The third-order valence-corrected chi connectivity index (χ3v) is 5.98. The average molecular weight is 473 g/mol. The van der Waals surface area contributed by atoms with Gasteiger partial charge in [-0.05, 0) is 37.5 Å². The molecule has 0 aliphatic heterocycles. The summed E-state index contributed by atoms with van der Waals surface area (Å²) in [6.07, 6.45) is 6.64. The van der Waals surface area contributed by atoms with Gasteiger partial charge in [0.05, 0.1) is 21.1 Å². The van der Waals surface area contributed by atoms with E-state index in [1.165, 1.54) is 18.3 Å². The zero-order valence-corrected chi connectivity index (χ0v) is 18.9. The van der Waals surface area contributed by atoms with E-state index in [1.807, 2.05) is 6.92 Å². The molecule has 32 heavy (non-hydrogen) atoms. The minimum absolute atomic E-state index is 0.0263. The van der Waals surface area contributed by atoms with Gasteiger partial charge in [-0.15, -0.1) is 0 Å². The minimum Gasteiger partial charge on any atom is -0.357 e. The van der Waals surface area contributed by atoms with Crippen LogP contribution in [0.1, 0.15) is 58.9 Å². The number of hydrogen-bond donors (Lipinski definition) is 3. The van der Waals surface area contributed by atoms with Crippen molar-refractivity contribution in [3.05, 3.63) is 57.3 Å². The van der Waals surface area contributed by atoms with Crippen LogP contribution in [0.15, 0.2) is 30.6 Å². The molecular formula is C23H22Cl2N4O3. The first kappa shape index (κ1) is 22.3. The summed E-state index contributed by atoms with van der Waals surface area (Å²) < 4.78 is 0. The van der Waals surface area contributed by atoms with Gasteiger partial charge in [0.25, 0.3) is 5.91 Å². The van der Waals surface area contributed by atoms with Gasteiger partial charge in [-0.3, -0.25) is 14.4 Å². The summed E-state index contributed by atoms with van der Waals surface area (Å²) in [7, 11) is 0. The molecule has 1 aliphatic rings. The molecule has 0 atom stereocenters. The van der Waals surface area contributed by atoms with Gasteiger partial charge >= 0.3 is 0 Å². The van der Waals surface area contributed by atoms with Crippen molar-refractivity contribution in [2.24, 2.45) is 5.92 Å². The van der Waals surface area contributed by atoms with E-state index in [1.54, 1.807) is 12.3 Å². The Morgan fingerprint density at radius 2 is 1.91 bits per heavy atom. The number of rotatable bonds is 8. The highest BCUT2D eigenvalue weighted by atomic mass is 35.5. The average Bonchev–Trinajstić information content (AvgIpc) is 3.52.